The van der Waals surface area contributed by atoms with E-state index in [1.54, 1.807) is 18.9 Å². The number of pyridine rings is 1. The third-order valence-electron chi connectivity index (χ3n) is 6.43. The molecule has 1 atom stereocenters. The molecule has 176 valence electrons. The number of likely N-dealkylation sites (tertiary alicyclic amines) is 1. The normalized spacial score (nSPS) is 15.4. The van der Waals surface area contributed by atoms with Gasteiger partial charge in [-0.15, -0.1) is 5.10 Å². The van der Waals surface area contributed by atoms with Crippen LogP contribution in [0.5, 0.6) is 11.5 Å². The van der Waals surface area contributed by atoms with Gasteiger partial charge in [-0.2, -0.15) is 0 Å². The van der Waals surface area contributed by atoms with Crippen LogP contribution < -0.4 is 15.0 Å². The van der Waals surface area contributed by atoms with Gasteiger partial charge >= 0.3 is 0 Å². The number of nitrogens with one attached hydrogen (secondary N) is 1. The summed E-state index contributed by atoms with van der Waals surface area (Å²) in [6.07, 6.45) is 3.34. The second-order valence-electron chi connectivity index (χ2n) is 8.55. The molecule has 0 spiro atoms. The molecular weight excluding hydrogens is 432 g/mol. The Kier molecular flexibility index (Phi) is 6.27. The van der Waals surface area contributed by atoms with E-state index in [0.717, 1.165) is 53.9 Å². The summed E-state index contributed by atoms with van der Waals surface area (Å²) < 4.78 is 12.5. The number of fused-ring (bicyclic) bond motifs is 1. The average Bonchev–Trinajstić information content (AvgIpc) is 3.33. The van der Waals surface area contributed by atoms with Crippen LogP contribution in [-0.2, 0) is 6.54 Å². The minimum Gasteiger partial charge on any atom is -0.497 e. The first-order valence-corrected chi connectivity index (χ1v) is 11.5. The van der Waals surface area contributed by atoms with Crippen LogP contribution >= 0.6 is 0 Å². The maximum Gasteiger partial charge on any atom is 0.253 e. The van der Waals surface area contributed by atoms with Crippen LogP contribution in [0.1, 0.15) is 42.3 Å². The third-order valence-corrected chi connectivity index (χ3v) is 6.43. The van der Waals surface area contributed by atoms with Crippen molar-refractivity contribution in [2.24, 2.45) is 0 Å². The lowest BCUT2D eigenvalue weighted by atomic mass is 10.0. The van der Waals surface area contributed by atoms with Gasteiger partial charge in [0.1, 0.15) is 17.5 Å². The fourth-order valence-corrected chi connectivity index (χ4v) is 4.63. The molecule has 1 fully saturated rings. The van der Waals surface area contributed by atoms with E-state index in [0.29, 0.717) is 17.9 Å². The predicted molar refractivity (Wildman–Crippen MR) is 128 cm³/mol. The second kappa shape index (κ2) is 9.64. The Morgan fingerprint density at radius 2 is 1.71 bits per heavy atom. The Morgan fingerprint density at radius 3 is 2.44 bits per heavy atom. The summed E-state index contributed by atoms with van der Waals surface area (Å²) in [7, 11) is 3.28. The topological polar surface area (TPSA) is 98.2 Å². The number of hydrogen-bond donors (Lipinski definition) is 1. The van der Waals surface area contributed by atoms with Gasteiger partial charge in [0.25, 0.3) is 5.56 Å². The lowest BCUT2D eigenvalue weighted by Crippen LogP contribution is -2.38. The summed E-state index contributed by atoms with van der Waals surface area (Å²) in [5.41, 5.74) is 2.31. The molecule has 3 heterocycles. The monoisotopic (exact) mass is 460 g/mol. The second-order valence-corrected chi connectivity index (χ2v) is 8.55. The molecule has 1 unspecified atom stereocenters. The first kappa shape index (κ1) is 22.1. The number of hydrogen-bond acceptors (Lipinski definition) is 7. The maximum absolute atomic E-state index is 13.3. The van der Waals surface area contributed by atoms with E-state index in [4.69, 9.17) is 9.47 Å². The molecule has 9 heteroatoms. The third kappa shape index (κ3) is 4.38. The Bertz CT molecular complexity index is 1320. The highest BCUT2D eigenvalue weighted by atomic mass is 16.5. The van der Waals surface area contributed by atoms with Crippen molar-refractivity contribution in [3.05, 3.63) is 75.8 Å². The summed E-state index contributed by atoms with van der Waals surface area (Å²) in [6.45, 7) is 2.27. The van der Waals surface area contributed by atoms with Gasteiger partial charge in [-0.05, 0) is 78.3 Å². The molecule has 0 amide bonds. The van der Waals surface area contributed by atoms with Crippen molar-refractivity contribution >= 4 is 10.9 Å². The molecule has 0 saturated carbocycles. The predicted octanol–water partition coefficient (Wildman–Crippen LogP) is 3.16. The zero-order chi connectivity index (χ0) is 23.5. The van der Waals surface area contributed by atoms with Crippen molar-refractivity contribution < 1.29 is 9.47 Å². The molecule has 34 heavy (non-hydrogen) atoms. The van der Waals surface area contributed by atoms with Gasteiger partial charge in [-0.3, -0.25) is 9.69 Å². The summed E-state index contributed by atoms with van der Waals surface area (Å²) >= 11 is 0. The molecule has 4 aromatic rings. The van der Waals surface area contributed by atoms with Gasteiger partial charge in [0, 0.05) is 16.5 Å². The fraction of sp³-hybridized carbons (Fsp3) is 0.360. The number of rotatable bonds is 7. The summed E-state index contributed by atoms with van der Waals surface area (Å²) in [5, 5.41) is 13.6. The van der Waals surface area contributed by atoms with E-state index in [1.165, 1.54) is 6.42 Å². The van der Waals surface area contributed by atoms with Gasteiger partial charge < -0.3 is 14.5 Å². The van der Waals surface area contributed by atoms with E-state index in [-0.39, 0.29) is 11.6 Å². The van der Waals surface area contributed by atoms with E-state index in [1.807, 2.05) is 48.5 Å². The number of aromatic amines is 1. The number of nitrogens with zero attached hydrogens (tertiary/aromatic N) is 5. The van der Waals surface area contributed by atoms with E-state index >= 15 is 0 Å². The van der Waals surface area contributed by atoms with Gasteiger partial charge in [-0.25, -0.2) is 4.68 Å². The zero-order valence-electron chi connectivity index (χ0n) is 19.4. The van der Waals surface area contributed by atoms with E-state index in [2.05, 4.69) is 25.4 Å². The highest BCUT2D eigenvalue weighted by Gasteiger charge is 2.31. The Labute approximate surface area is 197 Å². The van der Waals surface area contributed by atoms with Crippen molar-refractivity contribution in [3.8, 4) is 11.5 Å². The van der Waals surface area contributed by atoms with Crippen LogP contribution in [0.15, 0.2) is 53.3 Å². The number of piperidine rings is 1. The molecule has 1 aliphatic rings. The number of H-pyrrole nitrogens is 1. The van der Waals surface area contributed by atoms with Crippen LogP contribution in [0.3, 0.4) is 0 Å². The standard InChI is InChI=1S/C25H28N6O3/c1-33-19-8-6-17(7-9-19)16-31-24(27-28-29-31)23(30-12-4-3-5-13-30)21-15-18-14-20(34-2)10-11-22(18)26-25(21)32/h6-11,14-15,23H,3-5,12-13,16H2,1-2H3,(H,26,32). The zero-order valence-corrected chi connectivity index (χ0v) is 19.4. The van der Waals surface area contributed by atoms with Gasteiger partial charge in [-0.1, -0.05) is 18.6 Å². The molecule has 1 aliphatic heterocycles. The van der Waals surface area contributed by atoms with Gasteiger partial charge in [0.15, 0.2) is 5.82 Å². The molecule has 5 rings (SSSR count). The SMILES string of the molecule is COc1ccc(Cn2nnnc2C(c2cc3cc(OC)ccc3[nH]c2=O)N2CCCCC2)cc1. The average molecular weight is 461 g/mol. The lowest BCUT2D eigenvalue weighted by molar-refractivity contribution is 0.177. The smallest absolute Gasteiger partial charge is 0.253 e. The molecule has 1 saturated heterocycles. The molecule has 2 aromatic heterocycles. The van der Waals surface area contributed by atoms with E-state index in [9.17, 15) is 4.79 Å². The molecule has 1 N–H and O–H groups in total. The largest absolute Gasteiger partial charge is 0.497 e. The van der Waals surface area contributed by atoms with Crippen LogP contribution in [0.2, 0.25) is 0 Å². The summed E-state index contributed by atoms with van der Waals surface area (Å²) in [5.74, 6) is 2.19. The minimum absolute atomic E-state index is 0.132. The molecular formula is C25H28N6O3. The fourth-order valence-electron chi connectivity index (χ4n) is 4.63. The van der Waals surface area contributed by atoms with Crippen LogP contribution in [-0.4, -0.2) is 57.4 Å². The first-order chi connectivity index (χ1) is 16.7. The van der Waals surface area contributed by atoms with Crippen molar-refractivity contribution in [2.45, 2.75) is 31.8 Å². The number of methoxy groups -OCH3 is 2. The Morgan fingerprint density at radius 1 is 0.971 bits per heavy atom. The molecule has 9 nitrogen and oxygen atoms in total. The molecule has 2 aromatic carbocycles. The van der Waals surface area contributed by atoms with Crippen molar-refractivity contribution in [3.63, 3.8) is 0 Å². The van der Waals surface area contributed by atoms with Gasteiger partial charge in [0.2, 0.25) is 0 Å². The summed E-state index contributed by atoms with van der Waals surface area (Å²) in [6, 6.07) is 15.1. The summed E-state index contributed by atoms with van der Waals surface area (Å²) in [4.78, 5) is 18.7. The lowest BCUT2D eigenvalue weighted by Gasteiger charge is -2.33. The number of benzene rings is 2. The van der Waals surface area contributed by atoms with Crippen LogP contribution in [0, 0.1) is 0 Å². The van der Waals surface area contributed by atoms with Crippen LogP contribution in [0.25, 0.3) is 10.9 Å². The van der Waals surface area contributed by atoms with Crippen LogP contribution in [0.4, 0.5) is 0 Å². The Hall–Kier alpha value is -3.72. The Balaban J connectivity index is 1.58. The maximum atomic E-state index is 13.3. The number of tetrazole rings is 1. The molecule has 0 bridgehead atoms. The highest BCUT2D eigenvalue weighted by molar-refractivity contribution is 5.80. The van der Waals surface area contributed by atoms with Gasteiger partial charge in [0.05, 0.1) is 20.8 Å². The number of aromatic nitrogens is 5. The molecule has 0 radical (unpaired) electrons. The number of ether oxygens (including phenoxy) is 2. The molecule has 0 aliphatic carbocycles. The first-order valence-electron chi connectivity index (χ1n) is 11.5. The highest BCUT2D eigenvalue weighted by Crippen LogP contribution is 2.30. The van der Waals surface area contributed by atoms with Crippen molar-refractivity contribution in [1.82, 2.24) is 30.1 Å². The van der Waals surface area contributed by atoms with E-state index < -0.39 is 0 Å². The van der Waals surface area contributed by atoms with Crippen molar-refractivity contribution in [2.75, 3.05) is 27.3 Å². The van der Waals surface area contributed by atoms with Crippen molar-refractivity contribution in [1.29, 1.82) is 0 Å². The minimum atomic E-state index is -0.354. The quantitative estimate of drug-likeness (QED) is 0.452.